The molecule has 1 fully saturated rings. The van der Waals surface area contributed by atoms with Gasteiger partial charge >= 0.3 is 5.97 Å². The molecule has 0 radical (unpaired) electrons. The van der Waals surface area contributed by atoms with Crippen molar-refractivity contribution in [1.82, 2.24) is 10.3 Å². The van der Waals surface area contributed by atoms with Gasteiger partial charge in [0.25, 0.3) is 0 Å². The molecule has 1 saturated carbocycles. The smallest absolute Gasteiger partial charge is 0.336 e. The van der Waals surface area contributed by atoms with Crippen molar-refractivity contribution in [3.8, 4) is 0 Å². The minimum Gasteiger partial charge on any atom is -0.478 e. The van der Waals surface area contributed by atoms with Gasteiger partial charge < -0.3 is 15.3 Å². The van der Waals surface area contributed by atoms with Crippen LogP contribution in [-0.4, -0.2) is 29.7 Å². The second-order valence-corrected chi connectivity index (χ2v) is 9.74. The Morgan fingerprint density at radius 3 is 2.65 bits per heavy atom. The number of aromatic carboxylic acids is 1. The first-order valence-electron chi connectivity index (χ1n) is 12.4. The van der Waals surface area contributed by atoms with Crippen LogP contribution in [0.25, 0.3) is 0 Å². The average Bonchev–Trinajstić information content (AvgIpc) is 2.84. The first-order chi connectivity index (χ1) is 16.6. The Hall–Kier alpha value is -3.18. The van der Waals surface area contributed by atoms with E-state index in [9.17, 15) is 9.90 Å². The minimum absolute atomic E-state index is 0.218. The minimum atomic E-state index is -0.891. The van der Waals surface area contributed by atoms with Gasteiger partial charge in [-0.25, -0.2) is 4.79 Å². The zero-order valence-electron chi connectivity index (χ0n) is 19.8. The van der Waals surface area contributed by atoms with Crippen LogP contribution >= 0.6 is 0 Å². The molecule has 2 aliphatic rings. The SMILES string of the molecule is CN(c1ccc(CC2CCC2)cc1)c1ccc2c(c1)CCN[C@H]2CCc1cnccc1C(=O)O. The van der Waals surface area contributed by atoms with E-state index in [1.807, 2.05) is 0 Å². The van der Waals surface area contributed by atoms with E-state index in [2.05, 4.69) is 64.7 Å². The monoisotopic (exact) mass is 455 g/mol. The Labute approximate surface area is 201 Å². The second-order valence-electron chi connectivity index (χ2n) is 9.74. The van der Waals surface area contributed by atoms with Crippen LogP contribution in [0.1, 0.15) is 64.3 Å². The van der Waals surface area contributed by atoms with E-state index in [0.29, 0.717) is 12.0 Å². The molecule has 1 aromatic heterocycles. The Balaban J connectivity index is 1.28. The quantitative estimate of drug-likeness (QED) is 0.455. The molecular formula is C29H33N3O2. The van der Waals surface area contributed by atoms with Crippen molar-refractivity contribution >= 4 is 17.3 Å². The second kappa shape index (κ2) is 9.98. The number of benzene rings is 2. The molecule has 34 heavy (non-hydrogen) atoms. The summed E-state index contributed by atoms with van der Waals surface area (Å²) < 4.78 is 0. The molecule has 1 aliphatic carbocycles. The van der Waals surface area contributed by atoms with Gasteiger partial charge in [0.2, 0.25) is 0 Å². The van der Waals surface area contributed by atoms with Gasteiger partial charge in [-0.05, 0) is 90.7 Å². The molecule has 3 aromatic rings. The summed E-state index contributed by atoms with van der Waals surface area (Å²) in [6.45, 7) is 0.930. The highest BCUT2D eigenvalue weighted by atomic mass is 16.4. The third-order valence-corrected chi connectivity index (χ3v) is 7.58. The molecule has 176 valence electrons. The Bertz CT molecular complexity index is 1150. The molecule has 1 atom stereocenters. The number of nitrogens with zero attached hydrogens (tertiary/aromatic N) is 2. The highest BCUT2D eigenvalue weighted by Crippen LogP contribution is 2.33. The summed E-state index contributed by atoms with van der Waals surface area (Å²) in [6.07, 6.45) is 11.1. The lowest BCUT2D eigenvalue weighted by molar-refractivity contribution is 0.0695. The molecule has 0 spiro atoms. The van der Waals surface area contributed by atoms with Crippen molar-refractivity contribution in [1.29, 1.82) is 0 Å². The topological polar surface area (TPSA) is 65.5 Å². The molecule has 0 saturated heterocycles. The van der Waals surface area contributed by atoms with Crippen LogP contribution in [0.15, 0.2) is 60.9 Å². The van der Waals surface area contributed by atoms with Gasteiger partial charge in [-0.15, -0.1) is 0 Å². The summed E-state index contributed by atoms with van der Waals surface area (Å²) in [5.41, 5.74) is 7.69. The summed E-state index contributed by atoms with van der Waals surface area (Å²) in [4.78, 5) is 17.9. The molecule has 5 rings (SSSR count). The molecule has 2 aromatic carbocycles. The maximum Gasteiger partial charge on any atom is 0.336 e. The van der Waals surface area contributed by atoms with Crippen molar-refractivity contribution in [2.24, 2.45) is 5.92 Å². The maximum absolute atomic E-state index is 11.5. The number of nitrogens with one attached hydrogen (secondary N) is 1. The predicted molar refractivity (Wildman–Crippen MR) is 136 cm³/mol. The van der Waals surface area contributed by atoms with Gasteiger partial charge in [0.1, 0.15) is 0 Å². The van der Waals surface area contributed by atoms with Gasteiger partial charge in [0.05, 0.1) is 5.56 Å². The standard InChI is InChI=1S/C29H33N3O2/c1-32(24-8-5-21(6-9-24)17-20-3-2-4-20)25-10-11-26-22(18-25)13-16-31-28(26)12-7-23-19-30-15-14-27(23)29(33)34/h5-6,8-11,14-15,18-20,28,31H,2-4,7,12-13,16-17H2,1H3,(H,33,34)/t28-/m0/s1. The summed E-state index contributed by atoms with van der Waals surface area (Å²) in [5, 5.41) is 13.1. The lowest BCUT2D eigenvalue weighted by Gasteiger charge is -2.29. The average molecular weight is 456 g/mol. The molecule has 1 aliphatic heterocycles. The van der Waals surface area contributed by atoms with Crippen LogP contribution in [0.5, 0.6) is 0 Å². The van der Waals surface area contributed by atoms with Crippen LogP contribution in [-0.2, 0) is 19.3 Å². The fraction of sp³-hybridized carbons (Fsp3) is 0.379. The van der Waals surface area contributed by atoms with Crippen molar-refractivity contribution < 1.29 is 9.90 Å². The molecule has 5 nitrogen and oxygen atoms in total. The molecule has 0 unspecified atom stereocenters. The van der Waals surface area contributed by atoms with Crippen molar-refractivity contribution in [3.05, 3.63) is 88.7 Å². The number of rotatable bonds is 8. The molecule has 5 heteroatoms. The van der Waals surface area contributed by atoms with Crippen LogP contribution < -0.4 is 10.2 Å². The molecule has 2 heterocycles. The zero-order chi connectivity index (χ0) is 23.5. The van der Waals surface area contributed by atoms with E-state index >= 15 is 0 Å². The number of carbonyl (C=O) groups is 1. The third kappa shape index (κ3) is 4.85. The molecule has 0 amide bonds. The van der Waals surface area contributed by atoms with Gasteiger partial charge in [0.15, 0.2) is 0 Å². The predicted octanol–water partition coefficient (Wildman–Crippen LogP) is 5.71. The fourth-order valence-electron chi connectivity index (χ4n) is 5.28. The van der Waals surface area contributed by atoms with E-state index in [1.54, 1.807) is 18.5 Å². The number of fused-ring (bicyclic) bond motifs is 1. The number of hydrogen-bond donors (Lipinski definition) is 2. The lowest BCUT2D eigenvalue weighted by atomic mass is 9.81. The highest BCUT2D eigenvalue weighted by Gasteiger charge is 2.22. The molecular weight excluding hydrogens is 422 g/mol. The molecule has 2 N–H and O–H groups in total. The van der Waals surface area contributed by atoms with Gasteiger partial charge in [-0.3, -0.25) is 4.98 Å². The van der Waals surface area contributed by atoms with Gasteiger partial charge in [0, 0.05) is 36.9 Å². The van der Waals surface area contributed by atoms with E-state index < -0.39 is 5.97 Å². The van der Waals surface area contributed by atoms with Gasteiger partial charge in [-0.1, -0.05) is 37.5 Å². The first kappa shape index (κ1) is 22.6. The van der Waals surface area contributed by atoms with Crippen LogP contribution in [0.2, 0.25) is 0 Å². The van der Waals surface area contributed by atoms with Crippen LogP contribution in [0, 0.1) is 5.92 Å². The lowest BCUT2D eigenvalue weighted by Crippen LogP contribution is -2.30. The number of carboxylic acids is 1. The van der Waals surface area contributed by atoms with Crippen LogP contribution in [0.4, 0.5) is 11.4 Å². The van der Waals surface area contributed by atoms with E-state index in [0.717, 1.165) is 30.9 Å². The molecule has 0 bridgehead atoms. The number of aryl methyl sites for hydroxylation is 1. The van der Waals surface area contributed by atoms with E-state index in [1.165, 1.54) is 53.7 Å². The van der Waals surface area contributed by atoms with Crippen molar-refractivity contribution in [2.75, 3.05) is 18.5 Å². The number of aromatic nitrogens is 1. The van der Waals surface area contributed by atoms with Crippen molar-refractivity contribution in [3.63, 3.8) is 0 Å². The van der Waals surface area contributed by atoms with Crippen molar-refractivity contribution in [2.45, 2.75) is 51.0 Å². The fourth-order valence-corrected chi connectivity index (χ4v) is 5.28. The first-order valence-corrected chi connectivity index (χ1v) is 12.4. The van der Waals surface area contributed by atoms with E-state index in [4.69, 9.17) is 0 Å². The number of hydrogen-bond acceptors (Lipinski definition) is 4. The maximum atomic E-state index is 11.5. The summed E-state index contributed by atoms with van der Waals surface area (Å²) in [5.74, 6) is -0.00203. The Morgan fingerprint density at radius 1 is 1.12 bits per heavy atom. The highest BCUT2D eigenvalue weighted by molar-refractivity contribution is 5.89. The number of pyridine rings is 1. The largest absolute Gasteiger partial charge is 0.478 e. The third-order valence-electron chi connectivity index (χ3n) is 7.58. The van der Waals surface area contributed by atoms with E-state index in [-0.39, 0.29) is 6.04 Å². The summed E-state index contributed by atoms with van der Waals surface area (Å²) in [7, 11) is 2.14. The summed E-state index contributed by atoms with van der Waals surface area (Å²) >= 11 is 0. The zero-order valence-corrected chi connectivity index (χ0v) is 19.8. The van der Waals surface area contributed by atoms with Crippen LogP contribution in [0.3, 0.4) is 0 Å². The number of anilines is 2. The Kier molecular flexibility index (Phi) is 6.63. The van der Waals surface area contributed by atoms with Gasteiger partial charge in [-0.2, -0.15) is 0 Å². The normalized spacial score (nSPS) is 17.6. The number of carboxylic acid groups (broad SMARTS) is 1. The summed E-state index contributed by atoms with van der Waals surface area (Å²) in [6, 6.07) is 17.6. The Morgan fingerprint density at radius 2 is 1.91 bits per heavy atom.